The molecule has 1 aliphatic heterocycles. The first kappa shape index (κ1) is 29.6. The van der Waals surface area contributed by atoms with Gasteiger partial charge in [-0.05, 0) is 62.2 Å². The van der Waals surface area contributed by atoms with Gasteiger partial charge in [0, 0.05) is 36.3 Å². The Hall–Kier alpha value is -4.38. The van der Waals surface area contributed by atoms with Gasteiger partial charge in [-0.1, -0.05) is 30.3 Å². The maximum absolute atomic E-state index is 12.0. The van der Waals surface area contributed by atoms with Crippen molar-refractivity contribution in [1.29, 1.82) is 0 Å². The van der Waals surface area contributed by atoms with Gasteiger partial charge in [0.1, 0.15) is 12.4 Å². The zero-order valence-electron chi connectivity index (χ0n) is 23.8. The van der Waals surface area contributed by atoms with Crippen molar-refractivity contribution in [2.75, 3.05) is 33.3 Å². The minimum absolute atomic E-state index is 0.0137. The van der Waals surface area contributed by atoms with Crippen molar-refractivity contribution < 1.29 is 33.2 Å². The average Bonchev–Trinajstić information content (AvgIpc) is 2.91. The summed E-state index contributed by atoms with van der Waals surface area (Å²) in [6.45, 7) is 6.90. The summed E-state index contributed by atoms with van der Waals surface area (Å²) in [5, 5.41) is 2.75. The van der Waals surface area contributed by atoms with Gasteiger partial charge >= 0.3 is 19.1 Å². The molecule has 0 atom stereocenters. The molecule has 4 rings (SSSR count). The predicted molar refractivity (Wildman–Crippen MR) is 154 cm³/mol. The fourth-order valence-corrected chi connectivity index (χ4v) is 4.40. The zero-order valence-corrected chi connectivity index (χ0v) is 23.8. The highest BCUT2D eigenvalue weighted by Crippen LogP contribution is 2.29. The van der Waals surface area contributed by atoms with Crippen molar-refractivity contribution in [2.45, 2.75) is 33.8 Å². The number of likely N-dealkylation sites (N-methyl/N-ethyl adjacent to an activating group) is 1. The van der Waals surface area contributed by atoms with Gasteiger partial charge in [0.05, 0.1) is 19.7 Å². The topological polar surface area (TPSA) is 116 Å². The van der Waals surface area contributed by atoms with Gasteiger partial charge < -0.3 is 24.1 Å². The standard InChI is InChI=1S/C30H34BN3O7/c1-20-23(7-5-8-26(20)27-13-14-28(33-21(27)2)38-16-6-15-32-22(3)35)19-39-25-11-9-24(10-12-25)31-40-29(36)17-34(4)18-30(37)41-31/h5,7-14H,6,15-19H2,1-4H3,(H,32,35). The lowest BCUT2D eigenvalue weighted by molar-refractivity contribution is -0.145. The molecule has 1 N–H and O–H groups in total. The van der Waals surface area contributed by atoms with E-state index in [-0.39, 0.29) is 19.0 Å². The lowest BCUT2D eigenvalue weighted by Crippen LogP contribution is -2.47. The number of rotatable bonds is 10. The summed E-state index contributed by atoms with van der Waals surface area (Å²) in [6, 6.07) is 16.9. The van der Waals surface area contributed by atoms with Crippen LogP contribution in [-0.2, 0) is 30.3 Å². The number of aryl methyl sites for hydroxylation is 1. The number of hydrogen-bond donors (Lipinski definition) is 1. The molecule has 41 heavy (non-hydrogen) atoms. The molecule has 0 spiro atoms. The highest BCUT2D eigenvalue weighted by atomic mass is 16.6. The molecule has 1 amide bonds. The number of ether oxygens (including phenoxy) is 2. The van der Waals surface area contributed by atoms with Gasteiger partial charge in [-0.15, -0.1) is 0 Å². The third kappa shape index (κ3) is 8.31. The number of nitrogens with one attached hydrogen (secondary N) is 1. The Kier molecular flexibility index (Phi) is 9.97. The first-order valence-corrected chi connectivity index (χ1v) is 13.4. The van der Waals surface area contributed by atoms with Gasteiger partial charge in [0.2, 0.25) is 11.8 Å². The van der Waals surface area contributed by atoms with Gasteiger partial charge in [-0.25, -0.2) is 4.98 Å². The normalized spacial score (nSPS) is 14.0. The number of hydrogen-bond acceptors (Lipinski definition) is 9. The van der Waals surface area contributed by atoms with Crippen LogP contribution in [0, 0.1) is 13.8 Å². The lowest BCUT2D eigenvalue weighted by Gasteiger charge is -2.22. The summed E-state index contributed by atoms with van der Waals surface area (Å²) < 4.78 is 22.4. The number of benzene rings is 2. The minimum atomic E-state index is -1.09. The number of amides is 1. The lowest BCUT2D eigenvalue weighted by atomic mass is 9.78. The number of nitrogens with zero attached hydrogens (tertiary/aromatic N) is 2. The molecule has 214 valence electrons. The summed E-state index contributed by atoms with van der Waals surface area (Å²) in [6.07, 6.45) is 0.700. The molecule has 2 heterocycles. The molecule has 1 saturated heterocycles. The Morgan fingerprint density at radius 1 is 0.976 bits per heavy atom. The summed E-state index contributed by atoms with van der Waals surface area (Å²) >= 11 is 0. The van der Waals surface area contributed by atoms with E-state index in [4.69, 9.17) is 18.8 Å². The van der Waals surface area contributed by atoms with Crippen LogP contribution in [0.15, 0.2) is 54.6 Å². The van der Waals surface area contributed by atoms with E-state index in [1.165, 1.54) is 11.8 Å². The molecule has 10 nitrogen and oxygen atoms in total. The van der Waals surface area contributed by atoms with Crippen LogP contribution in [0.5, 0.6) is 11.6 Å². The van der Waals surface area contributed by atoms with Gasteiger partial charge in [0.25, 0.3) is 0 Å². The largest absolute Gasteiger partial charge is 0.636 e. The fraction of sp³-hybridized carbons (Fsp3) is 0.333. The van der Waals surface area contributed by atoms with Crippen LogP contribution in [-0.4, -0.2) is 68.1 Å². The molecule has 0 bridgehead atoms. The predicted octanol–water partition coefficient (Wildman–Crippen LogP) is 2.58. The molecule has 2 aromatic carbocycles. The Bertz CT molecular complexity index is 1380. The van der Waals surface area contributed by atoms with Gasteiger partial charge in [-0.2, -0.15) is 0 Å². The van der Waals surface area contributed by atoms with E-state index in [1.807, 2.05) is 31.2 Å². The van der Waals surface area contributed by atoms with Crippen molar-refractivity contribution in [1.82, 2.24) is 15.2 Å². The molecule has 11 heteroatoms. The molecule has 1 aromatic heterocycles. The maximum Gasteiger partial charge on any atom is 0.636 e. The second kappa shape index (κ2) is 13.8. The van der Waals surface area contributed by atoms with Crippen LogP contribution in [0.4, 0.5) is 0 Å². The third-order valence-electron chi connectivity index (χ3n) is 6.56. The van der Waals surface area contributed by atoms with Crippen LogP contribution in [0.2, 0.25) is 0 Å². The Morgan fingerprint density at radius 3 is 2.34 bits per heavy atom. The summed E-state index contributed by atoms with van der Waals surface area (Å²) in [5.74, 6) is 0.185. The van der Waals surface area contributed by atoms with Gasteiger partial charge in [0.15, 0.2) is 0 Å². The molecule has 1 aliphatic rings. The van der Waals surface area contributed by atoms with Crippen molar-refractivity contribution in [3.05, 3.63) is 71.4 Å². The van der Waals surface area contributed by atoms with Crippen molar-refractivity contribution in [3.8, 4) is 22.8 Å². The van der Waals surface area contributed by atoms with E-state index in [0.29, 0.717) is 43.3 Å². The van der Waals surface area contributed by atoms with Crippen molar-refractivity contribution in [3.63, 3.8) is 0 Å². The summed E-state index contributed by atoms with van der Waals surface area (Å²) in [5.41, 5.74) is 5.57. The number of carbonyl (C=O) groups is 3. The third-order valence-corrected chi connectivity index (χ3v) is 6.56. The molecule has 0 radical (unpaired) electrons. The fourth-order valence-electron chi connectivity index (χ4n) is 4.40. The van der Waals surface area contributed by atoms with Gasteiger partial charge in [-0.3, -0.25) is 19.3 Å². The van der Waals surface area contributed by atoms with Crippen LogP contribution >= 0.6 is 0 Å². The SMILES string of the molecule is CC(=O)NCCCOc1ccc(-c2cccc(COc3ccc(B4OC(=O)CN(C)CC(=O)O4)cc3)c2C)c(C)n1. The number of aromatic nitrogens is 1. The second-order valence-corrected chi connectivity index (χ2v) is 9.90. The van der Waals surface area contributed by atoms with E-state index in [0.717, 1.165) is 27.9 Å². The second-order valence-electron chi connectivity index (χ2n) is 9.90. The van der Waals surface area contributed by atoms with E-state index < -0.39 is 19.1 Å². The molecule has 3 aromatic rings. The summed E-state index contributed by atoms with van der Waals surface area (Å²) in [4.78, 5) is 41.2. The van der Waals surface area contributed by atoms with Crippen LogP contribution < -0.4 is 20.3 Å². The number of pyridine rings is 1. The van der Waals surface area contributed by atoms with Crippen molar-refractivity contribution in [2.24, 2.45) is 0 Å². The van der Waals surface area contributed by atoms with Crippen molar-refractivity contribution >= 4 is 30.4 Å². The molecule has 1 fully saturated rings. The number of carbonyl (C=O) groups excluding carboxylic acids is 3. The zero-order chi connectivity index (χ0) is 29.4. The van der Waals surface area contributed by atoms with Crippen LogP contribution in [0.1, 0.15) is 30.2 Å². The monoisotopic (exact) mass is 559 g/mol. The smallest absolute Gasteiger partial charge is 0.494 e. The Labute approximate surface area is 240 Å². The molecular formula is C30H34BN3O7. The highest BCUT2D eigenvalue weighted by molar-refractivity contribution is 6.64. The van der Waals surface area contributed by atoms with Crippen LogP contribution in [0.3, 0.4) is 0 Å². The molecule has 0 unspecified atom stereocenters. The maximum atomic E-state index is 12.0. The van der Waals surface area contributed by atoms with Crippen LogP contribution in [0.25, 0.3) is 11.1 Å². The van der Waals surface area contributed by atoms with E-state index in [1.54, 1.807) is 31.3 Å². The Morgan fingerprint density at radius 2 is 1.68 bits per heavy atom. The molecule has 0 saturated carbocycles. The minimum Gasteiger partial charge on any atom is -0.494 e. The van der Waals surface area contributed by atoms with E-state index in [2.05, 4.69) is 23.3 Å². The average molecular weight is 559 g/mol. The summed E-state index contributed by atoms with van der Waals surface area (Å²) in [7, 11) is 0.561. The van der Waals surface area contributed by atoms with E-state index in [9.17, 15) is 14.4 Å². The molecule has 0 aliphatic carbocycles. The Balaban J connectivity index is 1.38. The quantitative estimate of drug-likeness (QED) is 0.296. The first-order chi connectivity index (χ1) is 19.7. The highest BCUT2D eigenvalue weighted by Gasteiger charge is 2.33. The molecular weight excluding hydrogens is 525 g/mol. The van der Waals surface area contributed by atoms with E-state index >= 15 is 0 Å². The first-order valence-electron chi connectivity index (χ1n) is 13.4.